The summed E-state index contributed by atoms with van der Waals surface area (Å²) in [7, 11) is -4.06. The minimum atomic E-state index is -4.06. The Morgan fingerprint density at radius 3 is 2.28 bits per heavy atom. The van der Waals surface area contributed by atoms with Crippen LogP contribution in [0.5, 0.6) is 5.75 Å². The second-order valence-electron chi connectivity index (χ2n) is 8.82. The molecule has 0 fully saturated rings. The average Bonchev–Trinajstić information content (AvgIpc) is 2.88. The molecule has 1 unspecified atom stereocenters. The molecular weight excluding hydrogens is 583 g/mol. The van der Waals surface area contributed by atoms with Gasteiger partial charge in [0.25, 0.3) is 5.91 Å². The molecule has 0 aromatic heterocycles. The van der Waals surface area contributed by atoms with Crippen LogP contribution in [0.1, 0.15) is 29.3 Å². The van der Waals surface area contributed by atoms with Crippen LogP contribution in [-0.2, 0) is 14.6 Å². The lowest BCUT2D eigenvalue weighted by Gasteiger charge is -2.18. The summed E-state index contributed by atoms with van der Waals surface area (Å²) in [5.41, 5.74) is 0.918. The van der Waals surface area contributed by atoms with E-state index in [2.05, 4.69) is 10.6 Å². The normalized spacial score (nSPS) is 12.2. The van der Waals surface area contributed by atoms with Crippen molar-refractivity contribution in [1.29, 1.82) is 0 Å². The molecule has 0 aliphatic heterocycles. The summed E-state index contributed by atoms with van der Waals surface area (Å²) >= 11 is 18.2. The quantitative estimate of drug-likeness (QED) is 0.192. The van der Waals surface area contributed by atoms with E-state index < -0.39 is 32.7 Å². The fraction of sp³-hybridized carbons (Fsp3) is 0.143. The van der Waals surface area contributed by atoms with Gasteiger partial charge in [-0.1, -0.05) is 66.0 Å². The van der Waals surface area contributed by atoms with E-state index in [1.807, 2.05) is 31.2 Å². The molecule has 0 radical (unpaired) electrons. The number of anilines is 2. The first-order valence-corrected chi connectivity index (χ1v) is 14.4. The van der Waals surface area contributed by atoms with Crippen molar-refractivity contribution >= 4 is 78.6 Å². The molecule has 3 N–H and O–H groups in total. The zero-order valence-corrected chi connectivity index (χ0v) is 23.8. The molecular formula is C28H23Cl3N2O5S. The number of halogens is 3. The molecule has 0 saturated heterocycles. The van der Waals surface area contributed by atoms with Gasteiger partial charge in [0.2, 0.25) is 5.91 Å². The van der Waals surface area contributed by atoms with Crippen molar-refractivity contribution in [3.8, 4) is 5.75 Å². The number of phenols is 1. The lowest BCUT2D eigenvalue weighted by atomic mass is 10.1. The molecule has 0 heterocycles. The van der Waals surface area contributed by atoms with E-state index in [0.717, 1.165) is 22.4 Å². The van der Waals surface area contributed by atoms with Crippen molar-refractivity contribution < 1.29 is 23.1 Å². The molecule has 0 aliphatic rings. The Kier molecular flexibility index (Phi) is 8.42. The summed E-state index contributed by atoms with van der Waals surface area (Å²) in [4.78, 5) is 25.8. The number of sulfone groups is 1. The van der Waals surface area contributed by atoms with Gasteiger partial charge in [0.05, 0.1) is 31.3 Å². The predicted octanol–water partition coefficient (Wildman–Crippen LogP) is 7.26. The van der Waals surface area contributed by atoms with Gasteiger partial charge in [-0.05, 0) is 66.1 Å². The highest BCUT2D eigenvalue weighted by Crippen LogP contribution is 2.35. The summed E-state index contributed by atoms with van der Waals surface area (Å²) < 4.78 is 27.0. The first-order valence-electron chi connectivity index (χ1n) is 11.8. The third-order valence-corrected chi connectivity index (χ3v) is 9.42. The van der Waals surface area contributed by atoms with E-state index >= 15 is 0 Å². The minimum absolute atomic E-state index is 0.00142. The lowest BCUT2D eigenvalue weighted by molar-refractivity contribution is -0.115. The van der Waals surface area contributed by atoms with Gasteiger partial charge in [0.1, 0.15) is 11.0 Å². The van der Waals surface area contributed by atoms with Crippen LogP contribution in [0.25, 0.3) is 10.8 Å². The van der Waals surface area contributed by atoms with Crippen LogP contribution in [-0.4, -0.2) is 30.6 Å². The summed E-state index contributed by atoms with van der Waals surface area (Å²) in [6.45, 7) is 3.41. The number of nitrogens with one attached hydrogen (secondary N) is 2. The van der Waals surface area contributed by atoms with E-state index in [-0.39, 0.29) is 43.3 Å². The van der Waals surface area contributed by atoms with Gasteiger partial charge in [-0.25, -0.2) is 8.42 Å². The molecule has 0 saturated carbocycles. The third kappa shape index (κ3) is 5.99. The van der Waals surface area contributed by atoms with Crippen molar-refractivity contribution in [3.63, 3.8) is 0 Å². The Morgan fingerprint density at radius 1 is 0.872 bits per heavy atom. The average molecular weight is 606 g/mol. The Morgan fingerprint density at radius 2 is 1.59 bits per heavy atom. The van der Waals surface area contributed by atoms with E-state index in [0.29, 0.717) is 0 Å². The van der Waals surface area contributed by atoms with Crippen LogP contribution in [0.2, 0.25) is 15.1 Å². The van der Waals surface area contributed by atoms with Crippen molar-refractivity contribution in [1.82, 2.24) is 0 Å². The Hall–Kier alpha value is -3.30. The number of amides is 2. The van der Waals surface area contributed by atoms with Crippen LogP contribution in [0.4, 0.5) is 11.4 Å². The first-order chi connectivity index (χ1) is 18.4. The predicted molar refractivity (Wildman–Crippen MR) is 156 cm³/mol. The second kappa shape index (κ2) is 11.4. The topological polar surface area (TPSA) is 113 Å². The fourth-order valence-electron chi connectivity index (χ4n) is 4.15. The number of carbonyl (C=O) groups excluding carboxylic acids is 2. The molecule has 4 rings (SSSR count). The summed E-state index contributed by atoms with van der Waals surface area (Å²) in [6.07, 6.45) is 0.00142. The number of fused-ring (bicyclic) bond motifs is 1. The zero-order valence-electron chi connectivity index (χ0n) is 20.8. The molecule has 0 spiro atoms. The van der Waals surface area contributed by atoms with Gasteiger partial charge in [0, 0.05) is 11.6 Å². The monoisotopic (exact) mass is 604 g/mol. The SMILES string of the molecule is CCC(C(=O)Nc1cc(O)c(NC(=O)c2ccc(Cl)c(Cl)c2)cc1Cl)S(=O)(=O)c1cc(C)c2ccccc2c1. The van der Waals surface area contributed by atoms with Gasteiger partial charge in [-0.3, -0.25) is 9.59 Å². The molecule has 0 aliphatic carbocycles. The van der Waals surface area contributed by atoms with Crippen molar-refractivity contribution in [2.75, 3.05) is 10.6 Å². The van der Waals surface area contributed by atoms with Crippen molar-refractivity contribution in [3.05, 3.63) is 92.9 Å². The molecule has 2 amide bonds. The zero-order chi connectivity index (χ0) is 28.5. The number of hydrogen-bond acceptors (Lipinski definition) is 5. The summed E-state index contributed by atoms with van der Waals surface area (Å²) in [5.74, 6) is -1.79. The highest BCUT2D eigenvalue weighted by molar-refractivity contribution is 7.92. The van der Waals surface area contributed by atoms with Crippen LogP contribution >= 0.6 is 34.8 Å². The van der Waals surface area contributed by atoms with Crippen molar-refractivity contribution in [2.24, 2.45) is 0 Å². The minimum Gasteiger partial charge on any atom is -0.506 e. The number of hydrogen-bond donors (Lipinski definition) is 3. The van der Waals surface area contributed by atoms with Crippen molar-refractivity contribution in [2.45, 2.75) is 30.4 Å². The standard InChI is InChI=1S/C28H23Cl3N2O5S/c1-3-26(39(37,38)18-10-15(2)19-7-5-4-6-16(19)11-18)28(36)32-23-14-25(34)24(13-22(23)31)33-27(35)17-8-9-20(29)21(30)12-17/h4-14,26,34H,3H2,1-2H3,(H,32,36)(H,33,35). The summed E-state index contributed by atoms with van der Waals surface area (Å²) in [6, 6.07) is 17.2. The van der Waals surface area contributed by atoms with Crippen LogP contribution in [0.15, 0.2) is 71.6 Å². The number of aromatic hydroxyl groups is 1. The lowest BCUT2D eigenvalue weighted by Crippen LogP contribution is -2.34. The van der Waals surface area contributed by atoms with Gasteiger partial charge in [-0.15, -0.1) is 0 Å². The molecule has 4 aromatic rings. The molecule has 202 valence electrons. The Labute approximate surface area is 240 Å². The molecule has 4 aromatic carbocycles. The molecule has 0 bridgehead atoms. The second-order valence-corrected chi connectivity index (χ2v) is 12.2. The number of carbonyl (C=O) groups is 2. The number of aryl methyl sites for hydroxylation is 1. The van der Waals surface area contributed by atoms with Crippen LogP contribution < -0.4 is 10.6 Å². The highest BCUT2D eigenvalue weighted by atomic mass is 35.5. The largest absolute Gasteiger partial charge is 0.506 e. The maximum atomic E-state index is 13.5. The van der Waals surface area contributed by atoms with Gasteiger partial charge in [0.15, 0.2) is 9.84 Å². The summed E-state index contributed by atoms with van der Waals surface area (Å²) in [5, 5.41) is 16.2. The van der Waals surface area contributed by atoms with Gasteiger partial charge < -0.3 is 15.7 Å². The fourth-order valence-corrected chi connectivity index (χ4v) is 6.39. The van der Waals surface area contributed by atoms with E-state index in [1.165, 1.54) is 24.3 Å². The number of phenolic OH excluding ortho intramolecular Hbond substituents is 1. The first kappa shape index (κ1) is 28.7. The molecule has 7 nitrogen and oxygen atoms in total. The molecule has 1 atom stereocenters. The van der Waals surface area contributed by atoms with E-state index in [4.69, 9.17) is 34.8 Å². The third-order valence-electron chi connectivity index (χ3n) is 6.18. The maximum Gasteiger partial charge on any atom is 0.255 e. The van der Waals surface area contributed by atoms with Crippen LogP contribution in [0.3, 0.4) is 0 Å². The smallest absolute Gasteiger partial charge is 0.255 e. The van der Waals surface area contributed by atoms with Crippen LogP contribution in [0, 0.1) is 6.92 Å². The van der Waals surface area contributed by atoms with E-state index in [9.17, 15) is 23.1 Å². The molecule has 39 heavy (non-hydrogen) atoms. The van der Waals surface area contributed by atoms with E-state index in [1.54, 1.807) is 19.1 Å². The number of benzene rings is 4. The molecule has 11 heteroatoms. The number of rotatable bonds is 7. The van der Waals surface area contributed by atoms with Gasteiger partial charge >= 0.3 is 0 Å². The maximum absolute atomic E-state index is 13.5. The van der Waals surface area contributed by atoms with Gasteiger partial charge in [-0.2, -0.15) is 0 Å². The highest BCUT2D eigenvalue weighted by Gasteiger charge is 2.33. The Balaban J connectivity index is 1.57. The Bertz CT molecular complexity index is 1720.